The van der Waals surface area contributed by atoms with Crippen LogP contribution in [0, 0.1) is 0 Å². The predicted octanol–water partition coefficient (Wildman–Crippen LogP) is 7.17. The number of imidazole rings is 1. The van der Waals surface area contributed by atoms with Gasteiger partial charge in [0.2, 0.25) is 0 Å². The third-order valence-electron chi connectivity index (χ3n) is 7.79. The van der Waals surface area contributed by atoms with Gasteiger partial charge in [0, 0.05) is 32.5 Å². The summed E-state index contributed by atoms with van der Waals surface area (Å²) < 4.78 is 13.6. The Labute approximate surface area is 260 Å². The number of carbonyl (C=O) groups is 2. The molecule has 7 nitrogen and oxygen atoms in total. The molecule has 5 rings (SSSR count). The van der Waals surface area contributed by atoms with Gasteiger partial charge in [-0.2, -0.15) is 0 Å². The Bertz CT molecular complexity index is 1590. The molecule has 2 heterocycles. The lowest BCUT2D eigenvalue weighted by molar-refractivity contribution is -0.151. The van der Waals surface area contributed by atoms with Crippen molar-refractivity contribution in [2.24, 2.45) is 0 Å². The Balaban J connectivity index is 1.48. The maximum atomic E-state index is 13.6. The molecule has 1 aliphatic rings. The molecule has 230 valence electrons. The summed E-state index contributed by atoms with van der Waals surface area (Å²) in [6.07, 6.45) is 2.55. The summed E-state index contributed by atoms with van der Waals surface area (Å²) in [4.78, 5) is 33.8. The second kappa shape index (κ2) is 13.6. The molecular weight excluding hydrogens is 550 g/mol. The van der Waals surface area contributed by atoms with E-state index in [2.05, 4.69) is 40.7 Å². The molecule has 0 bridgehead atoms. The average molecular weight is 594 g/mol. The van der Waals surface area contributed by atoms with Gasteiger partial charge in [0.05, 0.1) is 23.6 Å². The highest BCUT2D eigenvalue weighted by Gasteiger charge is 2.39. The van der Waals surface area contributed by atoms with Crippen LogP contribution in [0.3, 0.4) is 0 Å². The second-order valence-corrected chi connectivity index (χ2v) is 12.3. The normalized spacial score (nSPS) is 15.1. The molecule has 3 aromatic carbocycles. The highest BCUT2D eigenvalue weighted by molar-refractivity contribution is 5.97. The quantitative estimate of drug-likeness (QED) is 0.182. The molecule has 0 amide bonds. The van der Waals surface area contributed by atoms with Gasteiger partial charge in [0.1, 0.15) is 11.4 Å². The number of aromatic nitrogens is 2. The molecule has 1 aliphatic heterocycles. The molecule has 1 atom stereocenters. The largest absolute Gasteiger partial charge is 0.465 e. The Morgan fingerprint density at radius 1 is 0.886 bits per heavy atom. The highest BCUT2D eigenvalue weighted by atomic mass is 16.6. The van der Waals surface area contributed by atoms with Crippen molar-refractivity contribution in [3.05, 3.63) is 113 Å². The van der Waals surface area contributed by atoms with E-state index in [0.717, 1.165) is 65.3 Å². The van der Waals surface area contributed by atoms with Crippen LogP contribution >= 0.6 is 0 Å². The summed E-state index contributed by atoms with van der Waals surface area (Å²) in [6, 6.07) is 25.6. The zero-order valence-electron chi connectivity index (χ0n) is 26.5. The molecule has 0 aliphatic carbocycles. The second-order valence-electron chi connectivity index (χ2n) is 12.3. The first-order chi connectivity index (χ1) is 21.2. The van der Waals surface area contributed by atoms with Gasteiger partial charge in [0.25, 0.3) is 0 Å². The summed E-state index contributed by atoms with van der Waals surface area (Å²) in [5, 5.41) is 0. The lowest BCUT2D eigenvalue weighted by Crippen LogP contribution is -2.41. The molecule has 0 radical (unpaired) electrons. The Morgan fingerprint density at radius 3 is 2.25 bits per heavy atom. The number of fused-ring (bicyclic) bond motifs is 1. The van der Waals surface area contributed by atoms with Crippen molar-refractivity contribution in [3.63, 3.8) is 0 Å². The van der Waals surface area contributed by atoms with Crippen molar-refractivity contribution in [1.82, 2.24) is 14.5 Å². The van der Waals surface area contributed by atoms with E-state index in [1.54, 1.807) is 0 Å². The number of hydrogen-bond acceptors (Lipinski definition) is 6. The summed E-state index contributed by atoms with van der Waals surface area (Å²) in [7, 11) is 0. The Hall–Kier alpha value is -4.23. The van der Waals surface area contributed by atoms with Crippen LogP contribution in [0.15, 0.2) is 78.9 Å². The van der Waals surface area contributed by atoms with E-state index in [4.69, 9.17) is 14.5 Å². The molecule has 0 fully saturated rings. The first-order valence-corrected chi connectivity index (χ1v) is 15.6. The maximum Gasteiger partial charge on any atom is 0.339 e. The van der Waals surface area contributed by atoms with E-state index in [1.165, 1.54) is 0 Å². The lowest BCUT2D eigenvalue weighted by atomic mass is 9.98. The molecular formula is C37H43N3O4. The van der Waals surface area contributed by atoms with Crippen molar-refractivity contribution in [2.75, 3.05) is 13.2 Å². The van der Waals surface area contributed by atoms with Crippen LogP contribution in [0.25, 0.3) is 11.1 Å². The van der Waals surface area contributed by atoms with Gasteiger partial charge in [-0.3, -0.25) is 4.90 Å². The van der Waals surface area contributed by atoms with Crippen LogP contribution in [0.5, 0.6) is 0 Å². The van der Waals surface area contributed by atoms with Crippen LogP contribution in [-0.2, 0) is 40.2 Å². The minimum Gasteiger partial charge on any atom is -0.465 e. The molecule has 0 N–H and O–H groups in total. The molecule has 0 spiro atoms. The smallest absolute Gasteiger partial charge is 0.339 e. The molecule has 1 aromatic heterocycles. The van der Waals surface area contributed by atoms with E-state index >= 15 is 0 Å². The molecule has 4 aromatic rings. The number of hydrogen-bond donors (Lipinski definition) is 0. The van der Waals surface area contributed by atoms with E-state index < -0.39 is 11.6 Å². The van der Waals surface area contributed by atoms with Crippen molar-refractivity contribution < 1.29 is 19.1 Å². The summed E-state index contributed by atoms with van der Waals surface area (Å²) in [5.74, 6) is 0.423. The minimum atomic E-state index is -0.577. The van der Waals surface area contributed by atoms with Crippen molar-refractivity contribution in [3.8, 4) is 11.1 Å². The monoisotopic (exact) mass is 593 g/mol. The van der Waals surface area contributed by atoms with Crippen molar-refractivity contribution in [2.45, 2.75) is 78.6 Å². The van der Waals surface area contributed by atoms with E-state index in [-0.39, 0.29) is 11.9 Å². The molecule has 7 heteroatoms. The molecule has 44 heavy (non-hydrogen) atoms. The van der Waals surface area contributed by atoms with Gasteiger partial charge in [-0.15, -0.1) is 0 Å². The van der Waals surface area contributed by atoms with Crippen molar-refractivity contribution in [1.29, 1.82) is 0 Å². The van der Waals surface area contributed by atoms with Gasteiger partial charge in [-0.05, 0) is 62.4 Å². The third-order valence-corrected chi connectivity index (χ3v) is 7.79. The fourth-order valence-electron chi connectivity index (χ4n) is 5.89. The lowest BCUT2D eigenvalue weighted by Gasteiger charge is -2.34. The van der Waals surface area contributed by atoms with Crippen LogP contribution in [0.4, 0.5) is 0 Å². The number of rotatable bonds is 10. The first kappa shape index (κ1) is 31.2. The van der Waals surface area contributed by atoms with Crippen LogP contribution in [-0.4, -0.2) is 45.1 Å². The summed E-state index contributed by atoms with van der Waals surface area (Å²) >= 11 is 0. The third kappa shape index (κ3) is 7.11. The van der Waals surface area contributed by atoms with Crippen LogP contribution in [0.1, 0.15) is 85.8 Å². The van der Waals surface area contributed by atoms with Gasteiger partial charge in [-0.25, -0.2) is 14.6 Å². The van der Waals surface area contributed by atoms with Gasteiger partial charge >= 0.3 is 11.9 Å². The van der Waals surface area contributed by atoms with Crippen molar-refractivity contribution >= 4 is 11.9 Å². The molecule has 0 saturated heterocycles. The zero-order valence-corrected chi connectivity index (χ0v) is 26.5. The topological polar surface area (TPSA) is 73.7 Å². The Morgan fingerprint density at radius 2 is 1.57 bits per heavy atom. The zero-order chi connectivity index (χ0) is 31.3. The van der Waals surface area contributed by atoms with E-state index in [9.17, 15) is 9.59 Å². The number of ether oxygens (including phenoxy) is 2. The SMILES string of the molecule is CCCc1nc2c(n1Cc1ccc(-c3ccccc3C(=O)OC(C)(C)C)cc1)C(C(=O)OCC)N(Cc1ccccc1)CC2. The first-order valence-electron chi connectivity index (χ1n) is 15.6. The van der Waals surface area contributed by atoms with Crippen LogP contribution < -0.4 is 0 Å². The summed E-state index contributed by atoms with van der Waals surface area (Å²) in [5.41, 5.74) is 5.91. The van der Waals surface area contributed by atoms with Gasteiger partial charge in [0.15, 0.2) is 6.04 Å². The van der Waals surface area contributed by atoms with Gasteiger partial charge in [-0.1, -0.05) is 79.7 Å². The average Bonchev–Trinajstić information content (AvgIpc) is 3.34. The highest BCUT2D eigenvalue weighted by Crippen LogP contribution is 2.34. The van der Waals surface area contributed by atoms with E-state index in [0.29, 0.717) is 25.3 Å². The molecule has 1 unspecified atom stereocenters. The standard InChI is InChI=1S/C37H43N3O4/c1-6-13-32-38-31-22-23-39(24-26-14-9-8-10-15-26)34(36(42)43-7-2)33(31)40(32)25-27-18-20-28(21-19-27)29-16-11-12-17-30(29)35(41)44-37(3,4)5/h8-12,14-21,34H,6-7,13,22-25H2,1-5H3. The van der Waals surface area contributed by atoms with Crippen LogP contribution in [0.2, 0.25) is 0 Å². The van der Waals surface area contributed by atoms with E-state index in [1.807, 2.05) is 82.3 Å². The fourth-order valence-corrected chi connectivity index (χ4v) is 5.89. The molecule has 0 saturated carbocycles. The number of carbonyl (C=O) groups excluding carboxylic acids is 2. The van der Waals surface area contributed by atoms with Gasteiger partial charge < -0.3 is 14.0 Å². The number of benzene rings is 3. The Kier molecular flexibility index (Phi) is 9.64. The number of aryl methyl sites for hydroxylation is 1. The minimum absolute atomic E-state index is 0.234. The number of nitrogens with zero attached hydrogens (tertiary/aromatic N) is 3. The maximum absolute atomic E-state index is 13.6. The predicted molar refractivity (Wildman–Crippen MR) is 172 cm³/mol. The summed E-state index contributed by atoms with van der Waals surface area (Å²) in [6.45, 7) is 11.9. The number of esters is 2. The fraction of sp³-hybridized carbons (Fsp3) is 0.378.